The number of hydrogen-bond acceptors (Lipinski definition) is 19. The van der Waals surface area contributed by atoms with Gasteiger partial charge >= 0.3 is 17.9 Å². The number of carbonyl (C=O) groups excluding carboxylic acids is 3. The summed E-state index contributed by atoms with van der Waals surface area (Å²) in [6, 6.07) is 33.3. The third kappa shape index (κ3) is 17.4. The van der Waals surface area contributed by atoms with Crippen molar-refractivity contribution in [2.45, 2.75) is 138 Å². The van der Waals surface area contributed by atoms with Crippen LogP contribution < -0.4 is 4.74 Å². The standard InChI is InChI=1S/C26H29ClO8.C23H27ClO7.C10H12O4S/c1-5-22-24(32-14(2)28)26(34-16(4)30)25(33-15(3)29)23(35-22)18-8-11-21(27)19(13-18)12-17-6-9-20(31)10-7-17;24-18-6-3-14(23-22(28)21(27)20(26)19(11-25)31-23)10-15(18)9-13-1-4-16(5-2-13)30-17-7-8-29-12-17;11-15(12,10-4-2-1-3-5-10)14-9-6-7-13-8-9/h6-11,13,22-26,31H,5,12H2,1-4H3;1-6,10,17,19-23,25-28H,7-9,11-12H2;1-5,9H,6-8H2/t22-,23+,24-,25+,26+;17-,19+,20+,21-,22+,23-;9-/m101/s1. The van der Waals surface area contributed by atoms with Gasteiger partial charge in [0.1, 0.15) is 60.3 Å². The average molecular weight is 1180 g/mol. The van der Waals surface area contributed by atoms with E-state index < -0.39 is 95.7 Å². The van der Waals surface area contributed by atoms with Gasteiger partial charge in [-0.2, -0.15) is 8.42 Å². The van der Waals surface area contributed by atoms with Crippen molar-refractivity contribution < 1.29 is 90.4 Å². The molecule has 9 rings (SSSR count). The predicted octanol–water partition coefficient (Wildman–Crippen LogP) is 7.08. The molecule has 4 fully saturated rings. The number of aliphatic hydroxyl groups is 4. The number of halogens is 2. The minimum atomic E-state index is -3.62. The molecule has 4 heterocycles. The molecule has 0 radical (unpaired) electrons. The van der Waals surface area contributed by atoms with E-state index in [1.807, 2.05) is 43.3 Å². The maximum atomic E-state index is 12.0. The Bertz CT molecular complexity index is 2950. The third-order valence-corrected chi connectivity index (χ3v) is 15.8. The summed E-state index contributed by atoms with van der Waals surface area (Å²) >= 11 is 12.9. The van der Waals surface area contributed by atoms with Crippen LogP contribution in [0.2, 0.25) is 10.0 Å². The van der Waals surface area contributed by atoms with Gasteiger partial charge in [-0.15, -0.1) is 0 Å². The average Bonchev–Trinajstić information content (AvgIpc) is 4.18. The lowest BCUT2D eigenvalue weighted by molar-refractivity contribution is -0.249. The fourth-order valence-corrected chi connectivity index (χ4v) is 11.1. The van der Waals surface area contributed by atoms with Crippen molar-refractivity contribution >= 4 is 51.2 Å². The molecule has 0 amide bonds. The molecule has 0 unspecified atom stereocenters. The van der Waals surface area contributed by atoms with E-state index in [1.165, 1.54) is 32.9 Å². The lowest BCUT2D eigenvalue weighted by Gasteiger charge is -2.44. The molecule has 0 aromatic heterocycles. The second kappa shape index (κ2) is 29.5. The van der Waals surface area contributed by atoms with Crippen LogP contribution in [0.1, 0.15) is 92.5 Å². The Hall–Kier alpha value is -5.72. The minimum absolute atomic E-state index is 0.0931. The van der Waals surface area contributed by atoms with Crippen molar-refractivity contribution in [3.05, 3.63) is 159 Å². The highest BCUT2D eigenvalue weighted by Crippen LogP contribution is 2.40. The van der Waals surface area contributed by atoms with Crippen molar-refractivity contribution in [1.82, 2.24) is 0 Å². The molecule has 12 atom stereocenters. The van der Waals surface area contributed by atoms with E-state index in [0.717, 1.165) is 41.0 Å². The Kier molecular flexibility index (Phi) is 22.9. The topological polar surface area (TPSA) is 270 Å². The van der Waals surface area contributed by atoms with Crippen molar-refractivity contribution in [3.8, 4) is 11.5 Å². The Morgan fingerprint density at radius 1 is 0.605 bits per heavy atom. The Morgan fingerprint density at radius 3 is 1.63 bits per heavy atom. The molecule has 5 aromatic rings. The van der Waals surface area contributed by atoms with Gasteiger partial charge in [-0.05, 0) is 101 Å². The van der Waals surface area contributed by atoms with Crippen molar-refractivity contribution in [2.24, 2.45) is 0 Å². The molecule has 0 spiro atoms. The minimum Gasteiger partial charge on any atom is -0.508 e. The summed E-state index contributed by atoms with van der Waals surface area (Å²) in [6.07, 6.45) is -7.74. The van der Waals surface area contributed by atoms with Gasteiger partial charge in [0.2, 0.25) is 0 Å². The van der Waals surface area contributed by atoms with E-state index in [-0.39, 0.29) is 22.9 Å². The van der Waals surface area contributed by atoms with Crippen molar-refractivity contribution in [1.29, 1.82) is 0 Å². The summed E-state index contributed by atoms with van der Waals surface area (Å²) < 4.78 is 73.3. The fourth-order valence-electron chi connectivity index (χ4n) is 9.63. The van der Waals surface area contributed by atoms with E-state index in [9.17, 15) is 48.3 Å². The van der Waals surface area contributed by atoms with Crippen LogP contribution in [-0.2, 0) is 74.7 Å². The van der Waals surface area contributed by atoms with E-state index in [1.54, 1.807) is 66.7 Å². The second-order valence-electron chi connectivity index (χ2n) is 19.8. The first-order valence-corrected chi connectivity index (χ1v) is 28.6. The van der Waals surface area contributed by atoms with E-state index >= 15 is 0 Å². The number of ether oxygens (including phenoxy) is 8. The maximum Gasteiger partial charge on any atom is 0.303 e. The van der Waals surface area contributed by atoms with Crippen LogP contribution in [0.5, 0.6) is 11.5 Å². The molecule has 4 saturated heterocycles. The molecule has 5 aromatic carbocycles. The molecule has 0 aliphatic carbocycles. The summed E-state index contributed by atoms with van der Waals surface area (Å²) in [6.45, 7) is 7.37. The molecule has 81 heavy (non-hydrogen) atoms. The van der Waals surface area contributed by atoms with Gasteiger partial charge in [0.15, 0.2) is 18.3 Å². The number of aliphatic hydroxyl groups excluding tert-OH is 4. The molecule has 5 N–H and O–H groups in total. The summed E-state index contributed by atoms with van der Waals surface area (Å²) in [7, 11) is -3.62. The highest BCUT2D eigenvalue weighted by molar-refractivity contribution is 7.86. The first kappa shape index (κ1) is 62.9. The van der Waals surface area contributed by atoms with Crippen LogP contribution in [0.3, 0.4) is 0 Å². The molecule has 22 heteroatoms. The quantitative estimate of drug-likeness (QED) is 0.0375. The van der Waals surface area contributed by atoms with Crippen LogP contribution in [0.4, 0.5) is 0 Å². The number of aromatic hydroxyl groups is 1. The highest BCUT2D eigenvalue weighted by Gasteiger charge is 2.52. The SMILES string of the molecule is CC[C@H]1O[C@@H](c2ccc(Cl)c(Cc3ccc(O)cc3)c2)[C@H](OC(C)=O)[C@@H](OC(C)=O)[C@@H]1OC(C)=O.O=S(=O)(O[C@@H]1CCOC1)c1ccccc1.OC[C@H]1O[C@@H](c2ccc(Cl)c(Cc3ccc(O[C@H]4CCOC4)cc3)c2)[C@H](O)[C@@H](O)[C@@H]1O. The highest BCUT2D eigenvalue weighted by atomic mass is 35.5. The number of rotatable bonds is 16. The molecular formula is C59H68Cl2O19S. The van der Waals surface area contributed by atoms with Crippen molar-refractivity contribution in [2.75, 3.05) is 33.0 Å². The van der Waals surface area contributed by atoms with Crippen molar-refractivity contribution in [3.63, 3.8) is 0 Å². The normalized spacial score (nSPS) is 26.2. The third-order valence-electron chi connectivity index (χ3n) is 13.7. The lowest BCUT2D eigenvalue weighted by atomic mass is 9.88. The largest absolute Gasteiger partial charge is 0.508 e. The molecule has 438 valence electrons. The molecule has 0 bridgehead atoms. The monoisotopic (exact) mass is 1180 g/mol. The fraction of sp³-hybridized carbons (Fsp3) is 0.441. The zero-order chi connectivity index (χ0) is 58.4. The number of esters is 3. The van der Waals surface area contributed by atoms with Gasteiger partial charge < -0.3 is 63.4 Å². The number of carbonyl (C=O) groups is 3. The first-order valence-electron chi connectivity index (χ1n) is 26.4. The van der Waals surface area contributed by atoms with Gasteiger partial charge in [0.05, 0.1) is 37.4 Å². The van der Waals surface area contributed by atoms with Crippen LogP contribution in [0.25, 0.3) is 0 Å². The molecule has 4 aliphatic heterocycles. The second-order valence-corrected chi connectivity index (χ2v) is 22.2. The van der Waals surface area contributed by atoms with Gasteiger partial charge in [-0.1, -0.05) is 96.9 Å². The zero-order valence-electron chi connectivity index (χ0n) is 45.1. The first-order chi connectivity index (χ1) is 38.7. The maximum absolute atomic E-state index is 12.0. The summed E-state index contributed by atoms with van der Waals surface area (Å²) in [5, 5.41) is 50.5. The van der Waals surface area contributed by atoms with Crippen LogP contribution in [0, 0.1) is 0 Å². The van der Waals surface area contributed by atoms with Crippen LogP contribution in [-0.4, -0.2) is 146 Å². The van der Waals surface area contributed by atoms with Gasteiger partial charge in [0, 0.05) is 50.3 Å². The van der Waals surface area contributed by atoms with E-state index in [0.29, 0.717) is 66.7 Å². The molecule has 0 saturated carbocycles. The summed E-state index contributed by atoms with van der Waals surface area (Å²) in [5.41, 5.74) is 4.85. The summed E-state index contributed by atoms with van der Waals surface area (Å²) in [4.78, 5) is 36.0. The molecule has 4 aliphatic rings. The summed E-state index contributed by atoms with van der Waals surface area (Å²) in [5.74, 6) is -0.824. The Balaban J connectivity index is 0.000000188. The lowest BCUT2D eigenvalue weighted by Crippen LogP contribution is -2.58. The number of phenolic OH excluding ortho intramolecular Hbond substituents is 1. The smallest absolute Gasteiger partial charge is 0.303 e. The zero-order valence-corrected chi connectivity index (χ0v) is 47.4. The van der Waals surface area contributed by atoms with Crippen LogP contribution in [0.15, 0.2) is 120 Å². The Labute approximate surface area is 480 Å². The number of benzene rings is 5. The predicted molar refractivity (Wildman–Crippen MR) is 294 cm³/mol. The van der Waals surface area contributed by atoms with Gasteiger partial charge in [0.25, 0.3) is 10.1 Å². The molecular weight excluding hydrogens is 1120 g/mol. The molecule has 19 nitrogen and oxygen atoms in total. The van der Waals surface area contributed by atoms with E-state index in [4.69, 9.17) is 65.3 Å². The Morgan fingerprint density at radius 2 is 1.11 bits per heavy atom. The van der Waals surface area contributed by atoms with Gasteiger partial charge in [-0.25, -0.2) is 0 Å². The number of phenols is 1. The number of hydrogen-bond donors (Lipinski definition) is 5. The van der Waals surface area contributed by atoms with E-state index in [2.05, 4.69) is 0 Å². The van der Waals surface area contributed by atoms with Gasteiger partial charge in [-0.3, -0.25) is 18.6 Å². The van der Waals surface area contributed by atoms with Crippen LogP contribution >= 0.6 is 23.2 Å².